The third-order valence-electron chi connectivity index (χ3n) is 2.09. The van der Waals surface area contributed by atoms with E-state index >= 15 is 0 Å². The largest absolute Gasteiger partial charge is 0.143 e. The number of hydrogen-bond acceptors (Lipinski definition) is 3. The molecule has 0 nitrogen and oxygen atoms in total. The zero-order valence-corrected chi connectivity index (χ0v) is 11.7. The molecule has 1 aromatic carbocycles. The van der Waals surface area contributed by atoms with E-state index in [4.69, 9.17) is 0 Å². The van der Waals surface area contributed by atoms with Gasteiger partial charge in [0.1, 0.15) is 0 Å². The second kappa shape index (κ2) is 4.47. The fourth-order valence-electron chi connectivity index (χ4n) is 1.50. The van der Waals surface area contributed by atoms with Crippen molar-refractivity contribution < 1.29 is 0 Å². The molecule has 1 heterocycles. The van der Waals surface area contributed by atoms with Gasteiger partial charge in [0, 0.05) is 25.2 Å². The van der Waals surface area contributed by atoms with Crippen LogP contribution in [-0.4, -0.2) is 6.26 Å². The molecule has 0 aliphatic carbocycles. The fraction of sp³-hybridized carbons (Fsp3) is 0.200. The van der Waals surface area contributed by atoms with Crippen LogP contribution in [0, 0.1) is 0 Å². The molecule has 74 valence electrons. The number of thiophene rings is 1. The Bertz CT molecular complexity index is 462. The summed E-state index contributed by atoms with van der Waals surface area (Å²) in [5.41, 5.74) is 1.33. The zero-order valence-electron chi connectivity index (χ0n) is 7.58. The average Bonchev–Trinajstić information content (AvgIpc) is 2.66. The molecule has 4 heteroatoms. The summed E-state index contributed by atoms with van der Waals surface area (Å²) in [5.74, 6) is 0. The van der Waals surface area contributed by atoms with Gasteiger partial charge in [-0.15, -0.1) is 35.7 Å². The first-order chi connectivity index (χ1) is 6.77. The van der Waals surface area contributed by atoms with Crippen molar-refractivity contribution in [3.05, 3.63) is 23.1 Å². The first kappa shape index (κ1) is 10.9. The Balaban J connectivity index is 2.82. The van der Waals surface area contributed by atoms with Gasteiger partial charge in [0.2, 0.25) is 0 Å². The molecule has 0 fully saturated rings. The van der Waals surface area contributed by atoms with E-state index in [-0.39, 0.29) is 0 Å². The van der Waals surface area contributed by atoms with Crippen LogP contribution in [-0.2, 0) is 5.33 Å². The van der Waals surface area contributed by atoms with E-state index in [9.17, 15) is 0 Å². The lowest BCUT2D eigenvalue weighted by Crippen LogP contribution is -1.84. The third-order valence-corrected chi connectivity index (χ3v) is 5.04. The van der Waals surface area contributed by atoms with Crippen molar-refractivity contribution in [2.24, 2.45) is 0 Å². The van der Waals surface area contributed by atoms with E-state index < -0.39 is 0 Å². The maximum Gasteiger partial charge on any atom is 0.0487 e. The molecule has 0 saturated carbocycles. The van der Waals surface area contributed by atoms with E-state index in [2.05, 4.69) is 52.3 Å². The molecule has 0 N–H and O–H groups in total. The highest BCUT2D eigenvalue weighted by molar-refractivity contribution is 9.08. The Morgan fingerprint density at radius 2 is 2.36 bits per heavy atom. The highest BCUT2D eigenvalue weighted by Gasteiger charge is 2.09. The third kappa shape index (κ3) is 1.73. The van der Waals surface area contributed by atoms with E-state index in [0.29, 0.717) is 0 Å². The molecule has 0 bridgehead atoms. The van der Waals surface area contributed by atoms with Crippen molar-refractivity contribution in [3.8, 4) is 0 Å². The molecular formula is C10H9BrS3. The van der Waals surface area contributed by atoms with Crippen LogP contribution in [0.15, 0.2) is 27.3 Å². The number of alkyl halides is 1. The lowest BCUT2D eigenvalue weighted by Gasteiger charge is -2.07. The highest BCUT2D eigenvalue weighted by atomic mass is 79.9. The number of rotatable bonds is 2. The lowest BCUT2D eigenvalue weighted by molar-refractivity contribution is 1.29. The van der Waals surface area contributed by atoms with E-state index in [1.54, 1.807) is 23.1 Å². The minimum absolute atomic E-state index is 0.891. The first-order valence-corrected chi connectivity index (χ1v) is 7.77. The summed E-state index contributed by atoms with van der Waals surface area (Å²) in [5, 5.41) is 4.36. The van der Waals surface area contributed by atoms with Gasteiger partial charge < -0.3 is 0 Å². The number of benzene rings is 1. The van der Waals surface area contributed by atoms with Crippen molar-refractivity contribution in [1.82, 2.24) is 0 Å². The second-order valence-corrected chi connectivity index (χ2v) is 5.66. The Morgan fingerprint density at radius 1 is 1.57 bits per heavy atom. The number of fused-ring (bicyclic) bond motifs is 1. The second-order valence-electron chi connectivity index (χ2n) is 2.89. The summed E-state index contributed by atoms with van der Waals surface area (Å²) in [4.78, 5) is 2.46. The van der Waals surface area contributed by atoms with Crippen LogP contribution in [0.25, 0.3) is 10.1 Å². The van der Waals surface area contributed by atoms with Crippen molar-refractivity contribution in [1.29, 1.82) is 0 Å². The molecule has 0 spiro atoms. The van der Waals surface area contributed by atoms with Crippen LogP contribution < -0.4 is 0 Å². The van der Waals surface area contributed by atoms with Gasteiger partial charge in [-0.1, -0.05) is 15.9 Å². The zero-order chi connectivity index (χ0) is 10.1. The number of hydrogen-bond donors (Lipinski definition) is 1. The summed E-state index contributed by atoms with van der Waals surface area (Å²) >= 11 is 11.6. The molecular weight excluding hydrogens is 296 g/mol. The van der Waals surface area contributed by atoms with E-state index in [0.717, 1.165) is 10.2 Å². The summed E-state index contributed by atoms with van der Waals surface area (Å²) in [6.45, 7) is 0. The van der Waals surface area contributed by atoms with Crippen LogP contribution in [0.1, 0.15) is 5.56 Å². The molecule has 14 heavy (non-hydrogen) atoms. The van der Waals surface area contributed by atoms with Gasteiger partial charge >= 0.3 is 0 Å². The van der Waals surface area contributed by atoms with Crippen LogP contribution >= 0.6 is 51.7 Å². The van der Waals surface area contributed by atoms with Crippen molar-refractivity contribution in [2.45, 2.75) is 15.1 Å². The molecule has 2 aromatic rings. The number of thioether (sulfide) groups is 1. The average molecular weight is 305 g/mol. The molecule has 0 unspecified atom stereocenters. The predicted octanol–water partition coefficient (Wildman–Crippen LogP) is 4.81. The normalized spacial score (nSPS) is 11.1. The van der Waals surface area contributed by atoms with Gasteiger partial charge in [-0.3, -0.25) is 0 Å². The molecule has 0 aliphatic heterocycles. The van der Waals surface area contributed by atoms with Gasteiger partial charge in [0.15, 0.2) is 0 Å². The predicted molar refractivity (Wildman–Crippen MR) is 73.5 cm³/mol. The monoisotopic (exact) mass is 304 g/mol. The smallest absolute Gasteiger partial charge is 0.0487 e. The van der Waals surface area contributed by atoms with E-state index in [1.165, 1.54) is 20.5 Å². The molecule has 0 aliphatic rings. The van der Waals surface area contributed by atoms with Crippen LogP contribution in [0.4, 0.5) is 0 Å². The Labute approximate surface area is 106 Å². The molecule has 0 atom stereocenters. The van der Waals surface area contributed by atoms with Gasteiger partial charge in [-0.25, -0.2) is 0 Å². The Kier molecular flexibility index (Phi) is 3.47. The maximum absolute atomic E-state index is 4.51. The Morgan fingerprint density at radius 3 is 3.00 bits per heavy atom. The summed E-state index contributed by atoms with van der Waals surface area (Å²) < 4.78 is 1.29. The summed E-state index contributed by atoms with van der Waals surface area (Å²) in [6, 6.07) is 4.33. The lowest BCUT2D eigenvalue weighted by atomic mass is 10.2. The van der Waals surface area contributed by atoms with Gasteiger partial charge in [-0.05, 0) is 29.3 Å². The SMILES string of the molecule is CSc1c(CBr)cc(S)c2sccc12. The molecule has 1 aromatic heterocycles. The van der Waals surface area contributed by atoms with Crippen molar-refractivity contribution >= 4 is 61.7 Å². The van der Waals surface area contributed by atoms with Crippen LogP contribution in [0.5, 0.6) is 0 Å². The van der Waals surface area contributed by atoms with Gasteiger partial charge in [0.25, 0.3) is 0 Å². The van der Waals surface area contributed by atoms with Gasteiger partial charge in [-0.2, -0.15) is 0 Å². The molecule has 0 saturated heterocycles. The topological polar surface area (TPSA) is 0 Å². The summed E-state index contributed by atoms with van der Waals surface area (Å²) in [7, 11) is 0. The quantitative estimate of drug-likeness (QED) is 0.472. The molecule has 0 amide bonds. The number of thiol groups is 1. The van der Waals surface area contributed by atoms with E-state index in [1.807, 2.05) is 0 Å². The molecule has 0 radical (unpaired) electrons. The first-order valence-electron chi connectivity index (χ1n) is 4.10. The summed E-state index contributed by atoms with van der Waals surface area (Å²) in [6.07, 6.45) is 2.12. The maximum atomic E-state index is 4.51. The highest BCUT2D eigenvalue weighted by Crippen LogP contribution is 2.37. The molecule has 2 rings (SSSR count). The minimum Gasteiger partial charge on any atom is -0.143 e. The number of halogens is 1. The Hall–Kier alpha value is 0.360. The van der Waals surface area contributed by atoms with Gasteiger partial charge in [0.05, 0.1) is 0 Å². The van der Waals surface area contributed by atoms with Crippen molar-refractivity contribution in [2.75, 3.05) is 6.26 Å². The van der Waals surface area contributed by atoms with Crippen LogP contribution in [0.3, 0.4) is 0 Å². The standard InChI is InChI=1S/C10H9BrS3/c1-13-9-6(5-11)4-8(12)10-7(9)2-3-14-10/h2-4,12H,5H2,1H3. The van der Waals surface area contributed by atoms with Crippen molar-refractivity contribution in [3.63, 3.8) is 0 Å². The fourth-order valence-corrected chi connectivity index (χ4v) is 4.22. The van der Waals surface area contributed by atoms with Crippen LogP contribution in [0.2, 0.25) is 0 Å². The minimum atomic E-state index is 0.891.